The third-order valence-electron chi connectivity index (χ3n) is 4.03. The minimum absolute atomic E-state index is 0.0783. The molecule has 0 spiro atoms. The van der Waals surface area contributed by atoms with E-state index in [2.05, 4.69) is 0 Å². The summed E-state index contributed by atoms with van der Waals surface area (Å²) >= 11 is 0. The molecule has 2 aromatic heterocycles. The number of fused-ring (bicyclic) bond motifs is 1. The average molecular weight is 382 g/mol. The third-order valence-corrected chi connectivity index (χ3v) is 4.03. The van der Waals surface area contributed by atoms with Gasteiger partial charge in [0.25, 0.3) is 0 Å². The summed E-state index contributed by atoms with van der Waals surface area (Å²) in [5.74, 6) is -0.602. The minimum atomic E-state index is -0.817. The van der Waals surface area contributed by atoms with E-state index in [1.807, 2.05) is 24.3 Å². The summed E-state index contributed by atoms with van der Waals surface area (Å²) < 4.78 is 12.1. The van der Waals surface area contributed by atoms with Gasteiger partial charge in [-0.2, -0.15) is 4.90 Å². The summed E-state index contributed by atoms with van der Waals surface area (Å²) in [6.07, 6.45) is 2.09. The van der Waals surface area contributed by atoms with Gasteiger partial charge in [0.05, 0.1) is 18.2 Å². The fourth-order valence-corrected chi connectivity index (χ4v) is 2.91. The fraction of sp³-hybridized carbons (Fsp3) is 0.286. The first kappa shape index (κ1) is 19.4. The van der Waals surface area contributed by atoms with Gasteiger partial charge in [0, 0.05) is 24.6 Å². The van der Waals surface area contributed by atoms with E-state index in [-0.39, 0.29) is 18.2 Å². The first-order chi connectivity index (χ1) is 13.2. The molecule has 7 heteroatoms. The van der Waals surface area contributed by atoms with Crippen molar-refractivity contribution in [2.75, 3.05) is 4.90 Å². The highest BCUT2D eigenvalue weighted by molar-refractivity contribution is 6.12. The lowest BCUT2D eigenvalue weighted by Crippen LogP contribution is -2.41. The number of carbonyl (C=O) groups is 3. The summed E-state index contributed by atoms with van der Waals surface area (Å²) in [6, 6.07) is 10.4. The molecule has 1 aromatic carbocycles. The molecule has 3 aromatic rings. The number of anilines is 1. The molecule has 0 aliphatic rings. The number of hydrogen-bond acceptors (Lipinski definition) is 5. The number of para-hydroxylation sites is 1. The topological polar surface area (TPSA) is 81.8 Å². The van der Waals surface area contributed by atoms with E-state index in [1.165, 1.54) is 23.8 Å². The van der Waals surface area contributed by atoms with Crippen molar-refractivity contribution in [3.63, 3.8) is 0 Å². The smallest absolute Gasteiger partial charge is 0.424 e. The van der Waals surface area contributed by atoms with E-state index in [0.29, 0.717) is 11.1 Å². The number of benzene rings is 1. The molecule has 0 bridgehead atoms. The molecule has 2 heterocycles. The molecule has 0 radical (unpaired) electrons. The Labute approximate surface area is 162 Å². The Hall–Kier alpha value is -3.35. The Kier molecular flexibility index (Phi) is 5.09. The number of imide groups is 1. The highest BCUT2D eigenvalue weighted by atomic mass is 16.6. The zero-order chi connectivity index (χ0) is 20.5. The highest BCUT2D eigenvalue weighted by Gasteiger charge is 2.31. The summed E-state index contributed by atoms with van der Waals surface area (Å²) in [4.78, 5) is 38.5. The van der Waals surface area contributed by atoms with Gasteiger partial charge in [0.15, 0.2) is 0 Å². The summed E-state index contributed by atoms with van der Waals surface area (Å²) in [6.45, 7) is 6.61. The molecule has 0 N–H and O–H groups in total. The summed E-state index contributed by atoms with van der Waals surface area (Å²) in [5, 5.41) is 0.773. The van der Waals surface area contributed by atoms with Crippen LogP contribution in [0.5, 0.6) is 0 Å². The van der Waals surface area contributed by atoms with Gasteiger partial charge in [0.1, 0.15) is 5.60 Å². The maximum atomic E-state index is 13.0. The predicted octanol–water partition coefficient (Wildman–Crippen LogP) is 4.41. The van der Waals surface area contributed by atoms with Gasteiger partial charge in [-0.1, -0.05) is 18.2 Å². The maximum absolute atomic E-state index is 13.0. The normalized spacial score (nSPS) is 11.4. The van der Waals surface area contributed by atoms with Crippen molar-refractivity contribution in [1.82, 2.24) is 4.57 Å². The Morgan fingerprint density at radius 2 is 1.82 bits per heavy atom. The van der Waals surface area contributed by atoms with E-state index in [9.17, 15) is 14.4 Å². The van der Waals surface area contributed by atoms with E-state index in [1.54, 1.807) is 33.0 Å². The second-order valence-electron chi connectivity index (χ2n) is 7.40. The molecule has 28 heavy (non-hydrogen) atoms. The number of furan rings is 1. The predicted molar refractivity (Wildman–Crippen MR) is 104 cm³/mol. The SMILES string of the molecule is CC(=O)n1cc(CC(=O)N(C(=O)OC(C)(C)C)c2ccco2)c2ccccc21. The Balaban J connectivity index is 1.96. The van der Waals surface area contributed by atoms with Gasteiger partial charge in [0.2, 0.25) is 17.7 Å². The lowest BCUT2D eigenvalue weighted by atomic mass is 10.1. The van der Waals surface area contributed by atoms with Gasteiger partial charge in [-0.25, -0.2) is 4.79 Å². The zero-order valence-electron chi connectivity index (χ0n) is 16.3. The quantitative estimate of drug-likeness (QED) is 0.670. The summed E-state index contributed by atoms with van der Waals surface area (Å²) in [5.41, 5.74) is 0.572. The largest absolute Gasteiger partial charge is 0.448 e. The molecular formula is C21H22N2O5. The first-order valence-corrected chi connectivity index (χ1v) is 8.87. The van der Waals surface area contributed by atoms with Crippen LogP contribution in [0, 0.1) is 0 Å². The van der Waals surface area contributed by atoms with Crippen LogP contribution < -0.4 is 4.90 Å². The van der Waals surface area contributed by atoms with Crippen LogP contribution in [0.1, 0.15) is 38.1 Å². The van der Waals surface area contributed by atoms with E-state index >= 15 is 0 Å². The van der Waals surface area contributed by atoms with Crippen molar-refractivity contribution in [2.24, 2.45) is 0 Å². The van der Waals surface area contributed by atoms with Gasteiger partial charge in [-0.15, -0.1) is 0 Å². The highest BCUT2D eigenvalue weighted by Crippen LogP contribution is 2.25. The van der Waals surface area contributed by atoms with Crippen LogP contribution in [0.15, 0.2) is 53.3 Å². The van der Waals surface area contributed by atoms with Crippen molar-refractivity contribution < 1.29 is 23.5 Å². The van der Waals surface area contributed by atoms with Crippen LogP contribution in [0.3, 0.4) is 0 Å². The van der Waals surface area contributed by atoms with Crippen LogP contribution in [0.2, 0.25) is 0 Å². The minimum Gasteiger partial charge on any atom is -0.448 e. The fourth-order valence-electron chi connectivity index (χ4n) is 2.91. The third kappa shape index (κ3) is 3.98. The second kappa shape index (κ2) is 7.34. The average Bonchev–Trinajstić information content (AvgIpc) is 3.22. The number of hydrogen-bond donors (Lipinski definition) is 0. The number of aromatic nitrogens is 1. The van der Waals surface area contributed by atoms with Crippen LogP contribution in [-0.4, -0.2) is 28.1 Å². The van der Waals surface area contributed by atoms with Crippen molar-refractivity contribution in [1.29, 1.82) is 0 Å². The van der Waals surface area contributed by atoms with Crippen molar-refractivity contribution in [2.45, 2.75) is 39.7 Å². The molecule has 0 saturated carbocycles. The van der Waals surface area contributed by atoms with Gasteiger partial charge >= 0.3 is 6.09 Å². The number of rotatable bonds is 3. The van der Waals surface area contributed by atoms with Crippen molar-refractivity contribution in [3.8, 4) is 0 Å². The molecular weight excluding hydrogens is 360 g/mol. The Bertz CT molecular complexity index is 1020. The van der Waals surface area contributed by atoms with Crippen LogP contribution >= 0.6 is 0 Å². The van der Waals surface area contributed by atoms with Crippen LogP contribution in [-0.2, 0) is 16.0 Å². The van der Waals surface area contributed by atoms with E-state index in [0.717, 1.165) is 10.3 Å². The van der Waals surface area contributed by atoms with Gasteiger partial charge in [-0.3, -0.25) is 14.2 Å². The molecule has 0 aliphatic carbocycles. The van der Waals surface area contributed by atoms with E-state index < -0.39 is 17.6 Å². The zero-order valence-corrected chi connectivity index (χ0v) is 16.3. The number of nitrogens with zero attached hydrogens (tertiary/aromatic N) is 2. The number of carbonyl (C=O) groups excluding carboxylic acids is 3. The van der Waals surface area contributed by atoms with Gasteiger partial charge < -0.3 is 9.15 Å². The van der Waals surface area contributed by atoms with Crippen molar-refractivity contribution >= 4 is 34.7 Å². The monoisotopic (exact) mass is 382 g/mol. The van der Waals surface area contributed by atoms with Crippen LogP contribution in [0.25, 0.3) is 10.9 Å². The molecule has 0 unspecified atom stereocenters. The second-order valence-corrected chi connectivity index (χ2v) is 7.40. The summed E-state index contributed by atoms with van der Waals surface area (Å²) in [7, 11) is 0. The molecule has 0 fully saturated rings. The maximum Gasteiger partial charge on any atom is 0.424 e. The molecule has 7 nitrogen and oxygen atoms in total. The molecule has 0 saturated heterocycles. The molecule has 0 aliphatic heterocycles. The lowest BCUT2D eigenvalue weighted by Gasteiger charge is -2.24. The Morgan fingerprint density at radius 1 is 1.11 bits per heavy atom. The first-order valence-electron chi connectivity index (χ1n) is 8.87. The number of ether oxygens (including phenoxy) is 1. The standard InChI is InChI=1S/C21H22N2O5/c1-14(24)22-13-15(16-8-5-6-9-17(16)22)12-18(25)23(19-10-7-11-27-19)20(26)28-21(2,3)4/h5-11,13H,12H2,1-4H3. The van der Waals surface area contributed by atoms with Crippen LogP contribution in [0.4, 0.5) is 10.7 Å². The molecule has 2 amide bonds. The molecule has 146 valence electrons. The Morgan fingerprint density at radius 3 is 2.43 bits per heavy atom. The molecule has 3 rings (SSSR count). The van der Waals surface area contributed by atoms with E-state index in [4.69, 9.17) is 9.15 Å². The lowest BCUT2D eigenvalue weighted by molar-refractivity contribution is -0.117. The van der Waals surface area contributed by atoms with Crippen molar-refractivity contribution in [3.05, 3.63) is 54.4 Å². The van der Waals surface area contributed by atoms with Gasteiger partial charge in [-0.05, 0) is 38.5 Å². The number of amides is 2. The molecule has 0 atom stereocenters.